The monoisotopic (exact) mass is 367 g/mol. The van der Waals surface area contributed by atoms with Crippen molar-refractivity contribution in [2.75, 3.05) is 5.32 Å². The molecule has 27 heavy (non-hydrogen) atoms. The van der Waals surface area contributed by atoms with Gasteiger partial charge in [-0.1, -0.05) is 31.2 Å². The lowest BCUT2D eigenvalue weighted by Gasteiger charge is -2.14. The van der Waals surface area contributed by atoms with Gasteiger partial charge in [0.1, 0.15) is 0 Å². The van der Waals surface area contributed by atoms with Gasteiger partial charge in [-0.3, -0.25) is 19.7 Å². The number of benzene rings is 2. The molecule has 1 atom stereocenters. The Hall–Kier alpha value is -3.48. The maximum Gasteiger partial charge on any atom is 0.270 e. The van der Waals surface area contributed by atoms with Crippen molar-refractivity contribution in [1.82, 2.24) is 5.32 Å². The van der Waals surface area contributed by atoms with Crippen LogP contribution in [0.2, 0.25) is 0 Å². The summed E-state index contributed by atoms with van der Waals surface area (Å²) in [6, 6.07) is 12.7. The van der Waals surface area contributed by atoms with Crippen LogP contribution in [0.25, 0.3) is 6.08 Å². The maximum absolute atomic E-state index is 12.4. The minimum atomic E-state index is -0.496. The third-order valence-corrected chi connectivity index (χ3v) is 3.93. The Balaban J connectivity index is 2.11. The highest BCUT2D eigenvalue weighted by Crippen LogP contribution is 2.17. The van der Waals surface area contributed by atoms with E-state index in [2.05, 4.69) is 10.6 Å². The third kappa shape index (κ3) is 5.78. The smallest absolute Gasteiger partial charge is 0.270 e. The number of amides is 2. The lowest BCUT2D eigenvalue weighted by atomic mass is 10.1. The summed E-state index contributed by atoms with van der Waals surface area (Å²) in [4.78, 5) is 34.8. The van der Waals surface area contributed by atoms with Crippen LogP contribution < -0.4 is 10.6 Å². The van der Waals surface area contributed by atoms with Gasteiger partial charge in [-0.2, -0.15) is 0 Å². The Morgan fingerprint density at radius 2 is 1.93 bits per heavy atom. The van der Waals surface area contributed by atoms with Gasteiger partial charge in [0.25, 0.3) is 11.6 Å². The number of carbonyl (C=O) groups excluding carboxylic acids is 2. The van der Waals surface area contributed by atoms with Crippen LogP contribution in [-0.4, -0.2) is 22.8 Å². The van der Waals surface area contributed by atoms with E-state index in [-0.39, 0.29) is 17.6 Å². The van der Waals surface area contributed by atoms with Crippen LogP contribution in [-0.2, 0) is 4.79 Å². The van der Waals surface area contributed by atoms with E-state index in [0.29, 0.717) is 16.8 Å². The summed E-state index contributed by atoms with van der Waals surface area (Å²) in [7, 11) is 0. The molecular weight excluding hydrogens is 346 g/mol. The second-order valence-corrected chi connectivity index (χ2v) is 6.00. The number of nitro benzene ring substituents is 1. The summed E-state index contributed by atoms with van der Waals surface area (Å²) in [5, 5.41) is 16.3. The van der Waals surface area contributed by atoms with E-state index in [0.717, 1.165) is 6.42 Å². The average Bonchev–Trinajstić information content (AvgIpc) is 2.66. The lowest BCUT2D eigenvalue weighted by Crippen LogP contribution is -2.32. The Morgan fingerprint density at radius 3 is 2.63 bits per heavy atom. The van der Waals surface area contributed by atoms with Crippen LogP contribution in [0, 0.1) is 10.1 Å². The van der Waals surface area contributed by atoms with Crippen molar-refractivity contribution in [3.8, 4) is 0 Å². The molecular formula is C20H21N3O4. The Morgan fingerprint density at radius 1 is 1.19 bits per heavy atom. The molecule has 2 aromatic carbocycles. The van der Waals surface area contributed by atoms with Crippen molar-refractivity contribution in [2.24, 2.45) is 0 Å². The third-order valence-electron chi connectivity index (χ3n) is 3.93. The molecule has 0 bridgehead atoms. The van der Waals surface area contributed by atoms with E-state index in [4.69, 9.17) is 0 Å². The molecule has 0 saturated heterocycles. The van der Waals surface area contributed by atoms with Crippen LogP contribution in [0.4, 0.5) is 11.4 Å². The minimum Gasteiger partial charge on any atom is -0.350 e. The summed E-state index contributed by atoms with van der Waals surface area (Å²) in [6.45, 7) is 3.87. The van der Waals surface area contributed by atoms with E-state index in [1.807, 2.05) is 13.8 Å². The molecule has 0 aliphatic carbocycles. The van der Waals surface area contributed by atoms with Gasteiger partial charge in [-0.15, -0.1) is 0 Å². The number of nitro groups is 1. The number of rotatable bonds is 7. The van der Waals surface area contributed by atoms with Crippen molar-refractivity contribution >= 4 is 29.3 Å². The van der Waals surface area contributed by atoms with Gasteiger partial charge in [0.15, 0.2) is 0 Å². The van der Waals surface area contributed by atoms with Crippen LogP contribution in [0.3, 0.4) is 0 Å². The summed E-state index contributed by atoms with van der Waals surface area (Å²) in [5.74, 6) is -0.701. The van der Waals surface area contributed by atoms with Gasteiger partial charge in [-0.25, -0.2) is 0 Å². The van der Waals surface area contributed by atoms with Gasteiger partial charge in [0, 0.05) is 24.3 Å². The zero-order chi connectivity index (χ0) is 19.8. The van der Waals surface area contributed by atoms with Gasteiger partial charge in [0.2, 0.25) is 5.91 Å². The molecule has 0 radical (unpaired) electrons. The molecule has 2 aromatic rings. The molecule has 7 heteroatoms. The maximum atomic E-state index is 12.4. The first kappa shape index (κ1) is 19.8. The quantitative estimate of drug-likeness (QED) is 0.442. The average molecular weight is 367 g/mol. The second kappa shape index (κ2) is 9.28. The van der Waals surface area contributed by atoms with Gasteiger partial charge < -0.3 is 10.6 Å². The predicted molar refractivity (Wildman–Crippen MR) is 104 cm³/mol. The molecule has 0 aromatic heterocycles. The summed E-state index contributed by atoms with van der Waals surface area (Å²) < 4.78 is 0. The first-order valence-electron chi connectivity index (χ1n) is 8.54. The highest BCUT2D eigenvalue weighted by atomic mass is 16.6. The predicted octanol–water partition coefficient (Wildman–Crippen LogP) is 3.78. The topological polar surface area (TPSA) is 101 Å². The number of hydrogen-bond donors (Lipinski definition) is 2. The fourth-order valence-electron chi connectivity index (χ4n) is 2.28. The van der Waals surface area contributed by atoms with Crippen LogP contribution in [0.15, 0.2) is 54.6 Å². The SMILES string of the molecule is CCC(C)NC(=O)c1ccccc1NC(=O)/C=C/c1cccc([N+](=O)[O-])c1. The van der Waals surface area contributed by atoms with Crippen molar-refractivity contribution in [3.05, 3.63) is 75.8 Å². The zero-order valence-electron chi connectivity index (χ0n) is 15.1. The highest BCUT2D eigenvalue weighted by Gasteiger charge is 2.13. The fourth-order valence-corrected chi connectivity index (χ4v) is 2.28. The zero-order valence-corrected chi connectivity index (χ0v) is 15.1. The first-order chi connectivity index (χ1) is 12.9. The van der Waals surface area contributed by atoms with Crippen LogP contribution >= 0.6 is 0 Å². The Kier molecular flexibility index (Phi) is 6.82. The van der Waals surface area contributed by atoms with E-state index in [9.17, 15) is 19.7 Å². The minimum absolute atomic E-state index is 0.0232. The number of non-ortho nitro benzene ring substituents is 1. The Bertz CT molecular complexity index is 877. The normalized spacial score (nSPS) is 11.8. The largest absolute Gasteiger partial charge is 0.350 e. The molecule has 0 aliphatic heterocycles. The van der Waals surface area contributed by atoms with Crippen LogP contribution in [0.5, 0.6) is 0 Å². The Labute approximate surface area is 157 Å². The molecule has 1 unspecified atom stereocenters. The lowest BCUT2D eigenvalue weighted by molar-refractivity contribution is -0.384. The van der Waals surface area contributed by atoms with Crippen LogP contribution in [0.1, 0.15) is 36.2 Å². The number of carbonyl (C=O) groups is 2. The van der Waals surface area contributed by atoms with Gasteiger partial charge >= 0.3 is 0 Å². The van der Waals surface area contributed by atoms with Gasteiger partial charge in [-0.05, 0) is 37.1 Å². The number of hydrogen-bond acceptors (Lipinski definition) is 4. The van der Waals surface area contributed by atoms with Crippen molar-refractivity contribution in [1.29, 1.82) is 0 Å². The molecule has 140 valence electrons. The number of nitrogens with zero attached hydrogens (tertiary/aromatic N) is 1. The molecule has 2 rings (SSSR count). The first-order valence-corrected chi connectivity index (χ1v) is 8.54. The molecule has 0 spiro atoms. The number of anilines is 1. The molecule has 0 heterocycles. The molecule has 0 saturated carbocycles. The van der Waals surface area contributed by atoms with Crippen molar-refractivity contribution in [3.63, 3.8) is 0 Å². The molecule has 0 fully saturated rings. The fraction of sp³-hybridized carbons (Fsp3) is 0.200. The summed E-state index contributed by atoms with van der Waals surface area (Å²) in [5.41, 5.74) is 1.24. The highest BCUT2D eigenvalue weighted by molar-refractivity contribution is 6.07. The standard InChI is InChI=1S/C20H21N3O4/c1-3-14(2)21-20(25)17-9-4-5-10-18(17)22-19(24)12-11-15-7-6-8-16(13-15)23(26)27/h4-14H,3H2,1-2H3,(H,21,25)(H,22,24)/b12-11+. The molecule has 2 amide bonds. The number of para-hydroxylation sites is 1. The van der Waals surface area contributed by atoms with E-state index >= 15 is 0 Å². The van der Waals surface area contributed by atoms with Crippen molar-refractivity contribution in [2.45, 2.75) is 26.3 Å². The molecule has 2 N–H and O–H groups in total. The molecule has 0 aliphatic rings. The van der Waals surface area contributed by atoms with Gasteiger partial charge in [0.05, 0.1) is 16.2 Å². The molecule has 7 nitrogen and oxygen atoms in total. The summed E-state index contributed by atoms with van der Waals surface area (Å²) in [6.07, 6.45) is 3.54. The van der Waals surface area contributed by atoms with E-state index in [1.54, 1.807) is 36.4 Å². The number of nitrogens with one attached hydrogen (secondary N) is 2. The van der Waals surface area contributed by atoms with E-state index < -0.39 is 10.8 Å². The summed E-state index contributed by atoms with van der Waals surface area (Å²) >= 11 is 0. The second-order valence-electron chi connectivity index (χ2n) is 6.00. The van der Waals surface area contributed by atoms with E-state index in [1.165, 1.54) is 24.3 Å². The van der Waals surface area contributed by atoms with Crippen molar-refractivity contribution < 1.29 is 14.5 Å².